The van der Waals surface area contributed by atoms with Crippen molar-refractivity contribution >= 4 is 50.5 Å². The number of allylic oxidation sites excluding steroid dienone is 2. The van der Waals surface area contributed by atoms with Crippen molar-refractivity contribution in [1.82, 2.24) is 0 Å². The van der Waals surface area contributed by atoms with Crippen LogP contribution < -0.4 is 19.5 Å². The number of methoxy groups -OCH3 is 2. The van der Waals surface area contributed by atoms with Gasteiger partial charge in [0, 0.05) is 12.0 Å². The monoisotopic (exact) mass is 604 g/mol. The first-order chi connectivity index (χ1) is 17.8. The molecule has 1 aliphatic carbocycles. The maximum atomic E-state index is 11.5. The number of anilines is 1. The Kier molecular flexibility index (Phi) is 7.25. The third kappa shape index (κ3) is 4.85. The van der Waals surface area contributed by atoms with Crippen LogP contribution in [0.15, 0.2) is 59.1 Å². The highest BCUT2D eigenvalue weighted by Crippen LogP contribution is 2.54. The van der Waals surface area contributed by atoms with E-state index in [9.17, 15) is 10.1 Å². The predicted octanol–water partition coefficient (Wildman–Crippen LogP) is 8.09. The van der Waals surface area contributed by atoms with Gasteiger partial charge in [0.2, 0.25) is 0 Å². The first kappa shape index (κ1) is 25.7. The third-order valence-corrected chi connectivity index (χ3v) is 8.15. The van der Waals surface area contributed by atoms with Crippen LogP contribution in [-0.4, -0.2) is 19.1 Å². The zero-order valence-electron chi connectivity index (χ0n) is 20.0. The van der Waals surface area contributed by atoms with Crippen LogP contribution in [0.25, 0.3) is 0 Å². The highest BCUT2D eigenvalue weighted by Gasteiger charge is 2.40. The maximum Gasteiger partial charge on any atom is 0.273 e. The number of benzene rings is 3. The van der Waals surface area contributed by atoms with Crippen molar-refractivity contribution in [2.45, 2.75) is 25.0 Å². The number of ether oxygens (including phenoxy) is 3. The van der Waals surface area contributed by atoms with Crippen molar-refractivity contribution < 1.29 is 19.1 Å². The van der Waals surface area contributed by atoms with Crippen molar-refractivity contribution in [3.05, 3.63) is 95.9 Å². The highest BCUT2D eigenvalue weighted by atomic mass is 79.9. The van der Waals surface area contributed by atoms with Crippen LogP contribution in [0, 0.1) is 16.0 Å². The van der Waals surface area contributed by atoms with E-state index in [1.165, 1.54) is 13.2 Å². The van der Waals surface area contributed by atoms with E-state index >= 15 is 0 Å². The normalized spacial score (nSPS) is 19.5. The zero-order valence-corrected chi connectivity index (χ0v) is 23.1. The number of fused-ring (bicyclic) bond motifs is 3. The van der Waals surface area contributed by atoms with Crippen molar-refractivity contribution in [3.63, 3.8) is 0 Å². The number of halogens is 3. The highest BCUT2D eigenvalue weighted by molar-refractivity contribution is 9.10. The molecule has 192 valence electrons. The van der Waals surface area contributed by atoms with Crippen molar-refractivity contribution in [2.75, 3.05) is 19.5 Å². The fourth-order valence-corrected chi connectivity index (χ4v) is 5.99. The van der Waals surface area contributed by atoms with Crippen LogP contribution in [-0.2, 0) is 6.61 Å². The molecular weight excluding hydrogens is 583 g/mol. The summed E-state index contributed by atoms with van der Waals surface area (Å²) in [4.78, 5) is 11.1. The Morgan fingerprint density at radius 3 is 2.57 bits per heavy atom. The first-order valence-corrected chi connectivity index (χ1v) is 13.1. The summed E-state index contributed by atoms with van der Waals surface area (Å²) in [7, 11) is 3.12. The van der Waals surface area contributed by atoms with Gasteiger partial charge in [0.25, 0.3) is 5.69 Å². The van der Waals surface area contributed by atoms with Gasteiger partial charge in [0.05, 0.1) is 51.5 Å². The van der Waals surface area contributed by atoms with Gasteiger partial charge in [0.15, 0.2) is 11.5 Å². The molecule has 5 rings (SSSR count). The van der Waals surface area contributed by atoms with Crippen LogP contribution in [0.3, 0.4) is 0 Å². The number of nitrogens with zero attached hydrogens (tertiary/aromatic N) is 1. The minimum absolute atomic E-state index is 0.0165. The summed E-state index contributed by atoms with van der Waals surface area (Å²) in [5, 5.41) is 16.1. The Bertz CT molecular complexity index is 1410. The summed E-state index contributed by atoms with van der Waals surface area (Å²) in [5.74, 6) is 1.78. The molecule has 0 unspecified atom stereocenters. The van der Waals surface area contributed by atoms with Gasteiger partial charge in [-0.3, -0.25) is 10.1 Å². The van der Waals surface area contributed by atoms with Gasteiger partial charge >= 0.3 is 0 Å². The van der Waals surface area contributed by atoms with E-state index in [2.05, 4.69) is 33.4 Å². The van der Waals surface area contributed by atoms with E-state index in [4.69, 9.17) is 37.4 Å². The molecule has 0 bridgehead atoms. The summed E-state index contributed by atoms with van der Waals surface area (Å²) in [6.07, 6.45) is 5.09. The third-order valence-electron chi connectivity index (χ3n) is 6.83. The average Bonchev–Trinajstić information content (AvgIpc) is 3.38. The lowest BCUT2D eigenvalue weighted by molar-refractivity contribution is -0.385. The molecule has 2 aliphatic rings. The second-order valence-electron chi connectivity index (χ2n) is 8.92. The molecule has 0 fully saturated rings. The van der Waals surface area contributed by atoms with Crippen LogP contribution >= 0.6 is 39.1 Å². The SMILES string of the molecule is COc1cc([N+](=O)[O-])cc2c1N[C@H](c1cc(Br)c(OCc3ccc(Cl)c(Cl)c3)c(OC)c1)[C@H]1CC=C[C@@H]21. The molecule has 7 nitrogen and oxygen atoms in total. The lowest BCUT2D eigenvalue weighted by atomic mass is 9.76. The number of nitro groups is 1. The molecule has 0 saturated carbocycles. The number of hydrogen-bond donors (Lipinski definition) is 1. The smallest absolute Gasteiger partial charge is 0.273 e. The summed E-state index contributed by atoms with van der Waals surface area (Å²) < 4.78 is 18.1. The fourth-order valence-electron chi connectivity index (χ4n) is 5.09. The average molecular weight is 606 g/mol. The number of non-ortho nitro benzene ring substituents is 1. The second-order valence-corrected chi connectivity index (χ2v) is 10.6. The van der Waals surface area contributed by atoms with Gasteiger partial charge < -0.3 is 19.5 Å². The van der Waals surface area contributed by atoms with E-state index in [0.717, 1.165) is 33.3 Å². The number of hydrogen-bond acceptors (Lipinski definition) is 6. The maximum absolute atomic E-state index is 11.5. The molecule has 0 radical (unpaired) electrons. The number of nitro benzene ring substituents is 1. The molecule has 1 aliphatic heterocycles. The van der Waals surface area contributed by atoms with Gasteiger partial charge in [-0.15, -0.1) is 0 Å². The molecule has 37 heavy (non-hydrogen) atoms. The Labute approximate surface area is 232 Å². The van der Waals surface area contributed by atoms with E-state index in [1.54, 1.807) is 25.3 Å². The lowest BCUT2D eigenvalue weighted by Gasteiger charge is -2.38. The molecule has 0 saturated heterocycles. The first-order valence-electron chi connectivity index (χ1n) is 11.5. The second kappa shape index (κ2) is 10.4. The number of nitrogens with one attached hydrogen (secondary N) is 1. The summed E-state index contributed by atoms with van der Waals surface area (Å²) >= 11 is 15.8. The topological polar surface area (TPSA) is 82.9 Å². The molecule has 1 heterocycles. The molecule has 10 heteroatoms. The van der Waals surface area contributed by atoms with E-state index in [-0.39, 0.29) is 35.1 Å². The van der Waals surface area contributed by atoms with E-state index in [1.807, 2.05) is 18.2 Å². The Morgan fingerprint density at radius 2 is 1.86 bits per heavy atom. The van der Waals surface area contributed by atoms with Gasteiger partial charge in [-0.25, -0.2) is 0 Å². The molecule has 0 amide bonds. The van der Waals surface area contributed by atoms with Crippen LogP contribution in [0.1, 0.15) is 35.1 Å². The van der Waals surface area contributed by atoms with Gasteiger partial charge in [0.1, 0.15) is 12.4 Å². The molecule has 3 aromatic rings. The minimum atomic E-state index is -0.388. The van der Waals surface area contributed by atoms with Gasteiger partial charge in [-0.2, -0.15) is 0 Å². The Morgan fingerprint density at radius 1 is 1.08 bits per heavy atom. The van der Waals surface area contributed by atoms with E-state index in [0.29, 0.717) is 27.3 Å². The minimum Gasteiger partial charge on any atom is -0.494 e. The lowest BCUT2D eigenvalue weighted by Crippen LogP contribution is -2.29. The van der Waals surface area contributed by atoms with Crippen LogP contribution in [0.2, 0.25) is 10.0 Å². The molecule has 3 aromatic carbocycles. The number of rotatable bonds is 7. The molecule has 0 spiro atoms. The summed E-state index contributed by atoms with van der Waals surface area (Å²) in [6.45, 7) is 0.283. The van der Waals surface area contributed by atoms with Crippen LogP contribution in [0.4, 0.5) is 11.4 Å². The largest absolute Gasteiger partial charge is 0.494 e. The fraction of sp³-hybridized carbons (Fsp3) is 0.259. The molecule has 1 N–H and O–H groups in total. The molecule has 0 aromatic heterocycles. The Balaban J connectivity index is 1.48. The standard InChI is InChI=1S/C27H23BrCl2N2O5/c1-35-23-12-16(32(33)34)11-19-17-4-3-5-18(17)25(31-26(19)23)15-9-20(28)27(24(10-15)36-2)37-13-14-6-7-21(29)22(30)8-14/h3-4,6-12,17-18,25,31H,5,13H2,1-2H3/t17-,18+,25-/m1/s1. The summed E-state index contributed by atoms with van der Waals surface area (Å²) in [5.41, 5.74) is 3.52. The van der Waals surface area contributed by atoms with Crippen molar-refractivity contribution in [1.29, 1.82) is 0 Å². The molecular formula is C27H23BrCl2N2O5. The van der Waals surface area contributed by atoms with Crippen LogP contribution in [0.5, 0.6) is 17.2 Å². The predicted molar refractivity (Wildman–Crippen MR) is 147 cm³/mol. The summed E-state index contributed by atoms with van der Waals surface area (Å²) in [6, 6.07) is 12.4. The quantitative estimate of drug-likeness (QED) is 0.166. The van der Waals surface area contributed by atoms with Gasteiger partial charge in [-0.1, -0.05) is 41.4 Å². The van der Waals surface area contributed by atoms with Crippen molar-refractivity contribution in [3.8, 4) is 17.2 Å². The molecule has 3 atom stereocenters. The zero-order chi connectivity index (χ0) is 26.3. The van der Waals surface area contributed by atoms with Crippen molar-refractivity contribution in [2.24, 2.45) is 5.92 Å². The van der Waals surface area contributed by atoms with E-state index < -0.39 is 0 Å². The Hall–Kier alpha value is -2.94. The van der Waals surface area contributed by atoms with Gasteiger partial charge in [-0.05, 0) is 69.2 Å².